The molecule has 0 aliphatic rings. The Hall–Kier alpha value is -0.500. The second-order valence-corrected chi connectivity index (χ2v) is 5.34. The Morgan fingerprint density at radius 3 is 2.62 bits per heavy atom. The number of halogens is 2. The average molecular weight is 271 g/mol. The minimum Gasteiger partial charge on any atom is -0.145 e. The Balaban J connectivity index is 2.41. The van der Waals surface area contributed by atoms with Crippen molar-refractivity contribution in [2.75, 3.05) is 0 Å². The molecule has 3 heteroatoms. The molecule has 0 nitrogen and oxygen atoms in total. The number of benzene rings is 1. The summed E-state index contributed by atoms with van der Waals surface area (Å²) in [5, 5.41) is 2.60. The highest BCUT2D eigenvalue weighted by atomic mass is 35.5. The SMILES string of the molecule is CCc1ccccc1C(Cl)c1sccc1Cl. The number of thiophene rings is 1. The fourth-order valence-corrected chi connectivity index (χ4v) is 3.43. The van der Waals surface area contributed by atoms with E-state index in [1.807, 2.05) is 23.6 Å². The van der Waals surface area contributed by atoms with Crippen molar-refractivity contribution >= 4 is 34.5 Å². The first-order valence-corrected chi connectivity index (χ1v) is 6.88. The predicted molar refractivity (Wildman–Crippen MR) is 72.8 cm³/mol. The van der Waals surface area contributed by atoms with Crippen molar-refractivity contribution in [1.82, 2.24) is 0 Å². The van der Waals surface area contributed by atoms with Crippen LogP contribution < -0.4 is 0 Å². The van der Waals surface area contributed by atoms with E-state index in [0.717, 1.165) is 21.9 Å². The fraction of sp³-hybridized carbons (Fsp3) is 0.231. The summed E-state index contributed by atoms with van der Waals surface area (Å²) >= 11 is 14.2. The highest BCUT2D eigenvalue weighted by Gasteiger charge is 2.17. The van der Waals surface area contributed by atoms with Gasteiger partial charge in [-0.3, -0.25) is 0 Å². The molecule has 2 rings (SSSR count). The molecule has 0 bridgehead atoms. The van der Waals surface area contributed by atoms with Crippen molar-refractivity contribution < 1.29 is 0 Å². The average Bonchev–Trinajstić information content (AvgIpc) is 2.74. The zero-order valence-corrected chi connectivity index (χ0v) is 11.2. The van der Waals surface area contributed by atoms with Crippen LogP contribution in [0.5, 0.6) is 0 Å². The van der Waals surface area contributed by atoms with E-state index in [1.54, 1.807) is 11.3 Å². The summed E-state index contributed by atoms with van der Waals surface area (Å²) in [5.41, 5.74) is 2.45. The molecule has 16 heavy (non-hydrogen) atoms. The third-order valence-corrected chi connectivity index (χ3v) is 4.59. The minimum atomic E-state index is -0.136. The van der Waals surface area contributed by atoms with E-state index >= 15 is 0 Å². The molecule has 0 amide bonds. The monoisotopic (exact) mass is 270 g/mol. The molecular formula is C13H12Cl2S. The predicted octanol–water partition coefficient (Wildman–Crippen LogP) is 5.29. The van der Waals surface area contributed by atoms with Gasteiger partial charge in [0.05, 0.1) is 10.4 Å². The summed E-state index contributed by atoms with van der Waals surface area (Å²) in [6.45, 7) is 2.14. The lowest BCUT2D eigenvalue weighted by atomic mass is 10.0. The van der Waals surface area contributed by atoms with Crippen molar-refractivity contribution in [2.45, 2.75) is 18.7 Å². The topological polar surface area (TPSA) is 0 Å². The first-order valence-electron chi connectivity index (χ1n) is 5.18. The van der Waals surface area contributed by atoms with Gasteiger partial charge in [-0.1, -0.05) is 42.8 Å². The lowest BCUT2D eigenvalue weighted by Crippen LogP contribution is -1.96. The first-order chi connectivity index (χ1) is 7.74. The Morgan fingerprint density at radius 1 is 1.25 bits per heavy atom. The smallest absolute Gasteiger partial charge is 0.0945 e. The lowest BCUT2D eigenvalue weighted by molar-refractivity contribution is 1.05. The third-order valence-electron chi connectivity index (χ3n) is 2.58. The molecule has 1 heterocycles. The second kappa shape index (κ2) is 5.22. The van der Waals surface area contributed by atoms with Crippen LogP contribution in [0.2, 0.25) is 5.02 Å². The zero-order valence-electron chi connectivity index (χ0n) is 8.91. The summed E-state index contributed by atoms with van der Waals surface area (Å²) < 4.78 is 0. The van der Waals surface area contributed by atoms with Crippen molar-refractivity contribution in [3.63, 3.8) is 0 Å². The van der Waals surface area contributed by atoms with E-state index < -0.39 is 0 Å². The largest absolute Gasteiger partial charge is 0.145 e. The summed E-state index contributed by atoms with van der Waals surface area (Å²) in [7, 11) is 0. The molecule has 1 aromatic heterocycles. The highest BCUT2D eigenvalue weighted by molar-refractivity contribution is 7.11. The van der Waals surface area contributed by atoms with E-state index in [4.69, 9.17) is 23.2 Å². The van der Waals surface area contributed by atoms with Crippen LogP contribution in [0.1, 0.15) is 28.3 Å². The molecular weight excluding hydrogens is 259 g/mol. The van der Waals surface area contributed by atoms with E-state index in [2.05, 4.69) is 19.1 Å². The van der Waals surface area contributed by atoms with E-state index in [9.17, 15) is 0 Å². The van der Waals surface area contributed by atoms with Crippen LogP contribution in [-0.2, 0) is 6.42 Å². The summed E-state index contributed by atoms with van der Waals surface area (Å²) in [6, 6.07) is 10.2. The number of rotatable bonds is 3. The van der Waals surface area contributed by atoms with Gasteiger partial charge in [0.2, 0.25) is 0 Å². The Labute approximate surface area is 110 Å². The number of alkyl halides is 1. The van der Waals surface area contributed by atoms with Crippen LogP contribution in [0, 0.1) is 0 Å². The molecule has 0 saturated heterocycles. The van der Waals surface area contributed by atoms with E-state index in [0.29, 0.717) is 0 Å². The fourth-order valence-electron chi connectivity index (χ4n) is 1.73. The van der Waals surface area contributed by atoms with Gasteiger partial charge in [-0.05, 0) is 29.0 Å². The third kappa shape index (κ3) is 2.27. The van der Waals surface area contributed by atoms with Crippen LogP contribution >= 0.6 is 34.5 Å². The lowest BCUT2D eigenvalue weighted by Gasteiger charge is -2.13. The zero-order chi connectivity index (χ0) is 11.5. The van der Waals surface area contributed by atoms with Gasteiger partial charge in [0.25, 0.3) is 0 Å². The van der Waals surface area contributed by atoms with E-state index in [-0.39, 0.29) is 5.38 Å². The van der Waals surface area contributed by atoms with Crippen LogP contribution in [0.4, 0.5) is 0 Å². The van der Waals surface area contributed by atoms with Gasteiger partial charge in [-0.25, -0.2) is 0 Å². The van der Waals surface area contributed by atoms with Crippen LogP contribution in [0.3, 0.4) is 0 Å². The van der Waals surface area contributed by atoms with Gasteiger partial charge in [0.15, 0.2) is 0 Å². The summed E-state index contributed by atoms with van der Waals surface area (Å²) in [6.07, 6.45) is 0.988. The molecule has 1 atom stereocenters. The highest BCUT2D eigenvalue weighted by Crippen LogP contribution is 2.38. The molecule has 0 N–H and O–H groups in total. The molecule has 0 saturated carbocycles. The maximum atomic E-state index is 6.49. The van der Waals surface area contributed by atoms with Crippen LogP contribution in [0.15, 0.2) is 35.7 Å². The molecule has 0 radical (unpaired) electrons. The maximum Gasteiger partial charge on any atom is 0.0945 e. The Morgan fingerprint density at radius 2 is 2.00 bits per heavy atom. The van der Waals surface area contributed by atoms with Gasteiger partial charge >= 0.3 is 0 Å². The maximum absolute atomic E-state index is 6.49. The minimum absolute atomic E-state index is 0.136. The Bertz CT molecular complexity index is 476. The Kier molecular flexibility index (Phi) is 3.91. The van der Waals surface area contributed by atoms with Crippen molar-refractivity contribution in [2.24, 2.45) is 0 Å². The molecule has 0 spiro atoms. The molecule has 1 unspecified atom stereocenters. The molecule has 0 fully saturated rings. The van der Waals surface area contributed by atoms with Crippen molar-refractivity contribution in [3.8, 4) is 0 Å². The molecule has 0 aliphatic carbocycles. The second-order valence-electron chi connectivity index (χ2n) is 3.55. The van der Waals surface area contributed by atoms with Crippen LogP contribution in [0.25, 0.3) is 0 Å². The standard InChI is InChI=1S/C13H12Cl2S/c1-2-9-5-3-4-6-10(9)12(15)13-11(14)7-8-16-13/h3-8,12H,2H2,1H3. The van der Waals surface area contributed by atoms with Gasteiger partial charge in [0.1, 0.15) is 0 Å². The normalized spacial score (nSPS) is 12.7. The number of hydrogen-bond donors (Lipinski definition) is 0. The molecule has 1 aromatic carbocycles. The molecule has 2 aromatic rings. The van der Waals surface area contributed by atoms with Gasteiger partial charge in [-0.15, -0.1) is 22.9 Å². The number of hydrogen-bond acceptors (Lipinski definition) is 1. The van der Waals surface area contributed by atoms with Crippen molar-refractivity contribution in [1.29, 1.82) is 0 Å². The van der Waals surface area contributed by atoms with Gasteiger partial charge < -0.3 is 0 Å². The summed E-state index contributed by atoms with van der Waals surface area (Å²) in [5.74, 6) is 0. The van der Waals surface area contributed by atoms with Crippen molar-refractivity contribution in [3.05, 3.63) is 56.7 Å². The molecule has 84 valence electrons. The van der Waals surface area contributed by atoms with Gasteiger partial charge in [-0.2, -0.15) is 0 Å². The van der Waals surface area contributed by atoms with Gasteiger partial charge in [0, 0.05) is 4.88 Å². The first kappa shape index (κ1) is 12.0. The number of aryl methyl sites for hydroxylation is 1. The van der Waals surface area contributed by atoms with Crippen LogP contribution in [-0.4, -0.2) is 0 Å². The summed E-state index contributed by atoms with van der Waals surface area (Å²) in [4.78, 5) is 1.03. The van der Waals surface area contributed by atoms with E-state index in [1.165, 1.54) is 5.56 Å². The quantitative estimate of drug-likeness (QED) is 0.665. The molecule has 0 aliphatic heterocycles.